The fraction of sp³-hybridized carbons (Fsp3) is 0.167. The predicted molar refractivity (Wildman–Crippen MR) is 90.6 cm³/mol. The number of carbonyl (C=O) groups excluding carboxylic acids is 1. The molecule has 0 radical (unpaired) electrons. The lowest BCUT2D eigenvalue weighted by Gasteiger charge is -2.07. The normalized spacial score (nSPS) is 10.6. The molecule has 3 rings (SSSR count). The maximum absolute atomic E-state index is 12.6. The molecule has 7 heteroatoms. The Bertz CT molecular complexity index is 1050. The molecule has 2 aromatic carbocycles. The third-order valence-corrected chi connectivity index (χ3v) is 3.64. The smallest absolute Gasteiger partial charge is 0.426 e. The van der Waals surface area contributed by atoms with Crippen molar-refractivity contribution in [3.05, 3.63) is 68.9 Å². The lowest BCUT2D eigenvalue weighted by molar-refractivity contribution is 0.0526. The van der Waals surface area contributed by atoms with Crippen molar-refractivity contribution in [2.75, 3.05) is 13.7 Å². The number of nitrogens with zero attached hydrogens (tertiary/aromatic N) is 1. The first-order valence-corrected chi connectivity index (χ1v) is 7.56. The first kappa shape index (κ1) is 16.5. The van der Waals surface area contributed by atoms with Gasteiger partial charge in [-0.15, -0.1) is 0 Å². The zero-order valence-electron chi connectivity index (χ0n) is 13.6. The van der Waals surface area contributed by atoms with Crippen molar-refractivity contribution in [1.82, 2.24) is 4.57 Å². The average molecular weight is 341 g/mol. The number of hydrogen-bond acceptors (Lipinski definition) is 6. The number of hydrogen-bond donors (Lipinski definition) is 0. The lowest BCUT2D eigenvalue weighted by Crippen LogP contribution is -2.30. The molecule has 1 aromatic heterocycles. The third kappa shape index (κ3) is 3.03. The highest BCUT2D eigenvalue weighted by atomic mass is 16.5. The summed E-state index contributed by atoms with van der Waals surface area (Å²) in [7, 11) is 1.48. The summed E-state index contributed by atoms with van der Waals surface area (Å²) < 4.78 is 16.1. The Hall–Kier alpha value is -3.35. The van der Waals surface area contributed by atoms with Crippen LogP contribution in [0.5, 0.6) is 5.75 Å². The summed E-state index contributed by atoms with van der Waals surface area (Å²) in [4.78, 5) is 36.6. The van der Waals surface area contributed by atoms with E-state index in [0.29, 0.717) is 17.0 Å². The fourth-order valence-electron chi connectivity index (χ4n) is 2.42. The van der Waals surface area contributed by atoms with Gasteiger partial charge in [0.1, 0.15) is 11.3 Å². The van der Waals surface area contributed by atoms with E-state index in [4.69, 9.17) is 13.9 Å². The largest absolute Gasteiger partial charge is 0.497 e. The molecule has 0 unspecified atom stereocenters. The molecule has 0 aliphatic carbocycles. The van der Waals surface area contributed by atoms with Gasteiger partial charge in [-0.05, 0) is 43.3 Å². The summed E-state index contributed by atoms with van der Waals surface area (Å²) in [6, 6.07) is 10.6. The van der Waals surface area contributed by atoms with Gasteiger partial charge in [-0.2, -0.15) is 0 Å². The molecule has 25 heavy (non-hydrogen) atoms. The molecular formula is C18H15NO6. The van der Waals surface area contributed by atoms with Crippen LogP contribution >= 0.6 is 0 Å². The average Bonchev–Trinajstić information content (AvgIpc) is 2.62. The van der Waals surface area contributed by atoms with Crippen molar-refractivity contribution in [3.8, 4) is 11.4 Å². The van der Waals surface area contributed by atoms with Crippen molar-refractivity contribution in [3.63, 3.8) is 0 Å². The summed E-state index contributed by atoms with van der Waals surface area (Å²) in [6.07, 6.45) is 0. The monoisotopic (exact) mass is 341 g/mol. The standard InChI is InChI=1S/C18H15NO6/c1-3-24-17(21)11-4-6-12(7-5-11)19-16(20)14-9-8-13(23-2)10-15(14)25-18(19)22/h4-10H,3H2,1-2H3. The highest BCUT2D eigenvalue weighted by Gasteiger charge is 2.13. The molecule has 0 amide bonds. The first-order valence-electron chi connectivity index (χ1n) is 7.56. The van der Waals surface area contributed by atoms with E-state index in [9.17, 15) is 14.4 Å². The number of methoxy groups -OCH3 is 1. The molecule has 3 aromatic rings. The van der Waals surface area contributed by atoms with E-state index in [-0.39, 0.29) is 17.6 Å². The molecule has 0 atom stereocenters. The number of aromatic nitrogens is 1. The summed E-state index contributed by atoms with van der Waals surface area (Å²) in [5, 5.41) is 0.245. The summed E-state index contributed by atoms with van der Waals surface area (Å²) in [6.45, 7) is 1.97. The summed E-state index contributed by atoms with van der Waals surface area (Å²) in [5.74, 6) is -0.819. The highest BCUT2D eigenvalue weighted by Crippen LogP contribution is 2.17. The molecular weight excluding hydrogens is 326 g/mol. The molecule has 0 fully saturated rings. The van der Waals surface area contributed by atoms with E-state index in [2.05, 4.69) is 0 Å². The molecule has 0 saturated heterocycles. The van der Waals surface area contributed by atoms with Crippen molar-refractivity contribution < 1.29 is 18.7 Å². The van der Waals surface area contributed by atoms with Crippen LogP contribution in [-0.4, -0.2) is 24.3 Å². The van der Waals surface area contributed by atoms with Crippen molar-refractivity contribution in [2.24, 2.45) is 0 Å². The van der Waals surface area contributed by atoms with Crippen molar-refractivity contribution in [1.29, 1.82) is 0 Å². The number of carbonyl (C=O) groups is 1. The van der Waals surface area contributed by atoms with Gasteiger partial charge in [0.2, 0.25) is 0 Å². The van der Waals surface area contributed by atoms with Gasteiger partial charge in [0, 0.05) is 6.07 Å². The van der Waals surface area contributed by atoms with Gasteiger partial charge < -0.3 is 13.9 Å². The molecule has 0 N–H and O–H groups in total. The predicted octanol–water partition coefficient (Wildman–Crippen LogP) is 2.13. The van der Waals surface area contributed by atoms with Crippen LogP contribution < -0.4 is 16.1 Å². The van der Waals surface area contributed by atoms with E-state index in [1.54, 1.807) is 13.0 Å². The Morgan fingerprint density at radius 1 is 1.12 bits per heavy atom. The van der Waals surface area contributed by atoms with Gasteiger partial charge in [-0.1, -0.05) is 0 Å². The van der Waals surface area contributed by atoms with Crippen LogP contribution in [0.15, 0.2) is 56.5 Å². The van der Waals surface area contributed by atoms with Crippen LogP contribution in [0.2, 0.25) is 0 Å². The molecule has 0 bridgehead atoms. The minimum atomic E-state index is -0.824. The second-order valence-corrected chi connectivity index (χ2v) is 5.14. The van der Waals surface area contributed by atoms with Gasteiger partial charge in [0.25, 0.3) is 5.56 Å². The van der Waals surface area contributed by atoms with Crippen molar-refractivity contribution in [2.45, 2.75) is 6.92 Å². The van der Waals surface area contributed by atoms with Gasteiger partial charge >= 0.3 is 11.7 Å². The number of ether oxygens (including phenoxy) is 2. The first-order chi connectivity index (χ1) is 12.0. The van der Waals surface area contributed by atoms with Crippen LogP contribution in [0.25, 0.3) is 16.7 Å². The second kappa shape index (κ2) is 6.64. The second-order valence-electron chi connectivity index (χ2n) is 5.14. The molecule has 0 spiro atoms. The Morgan fingerprint density at radius 3 is 2.48 bits per heavy atom. The van der Waals surface area contributed by atoms with Crippen LogP contribution in [0.1, 0.15) is 17.3 Å². The molecule has 0 aliphatic heterocycles. The van der Waals surface area contributed by atoms with E-state index >= 15 is 0 Å². The van der Waals surface area contributed by atoms with Gasteiger partial charge in [0.05, 0.1) is 30.4 Å². The SMILES string of the molecule is CCOC(=O)c1ccc(-n2c(=O)oc3cc(OC)ccc3c2=O)cc1. The molecule has 1 heterocycles. The van der Waals surface area contributed by atoms with Crippen LogP contribution in [0.3, 0.4) is 0 Å². The Labute approximate surface area is 142 Å². The Kier molecular flexibility index (Phi) is 4.38. The minimum Gasteiger partial charge on any atom is -0.497 e. The van der Waals surface area contributed by atoms with E-state index < -0.39 is 17.3 Å². The number of fused-ring (bicyclic) bond motifs is 1. The summed E-state index contributed by atoms with van der Waals surface area (Å²) >= 11 is 0. The topological polar surface area (TPSA) is 87.7 Å². The van der Waals surface area contributed by atoms with Gasteiger partial charge in [-0.3, -0.25) is 4.79 Å². The lowest BCUT2D eigenvalue weighted by atomic mass is 10.2. The quantitative estimate of drug-likeness (QED) is 0.676. The number of esters is 1. The third-order valence-electron chi connectivity index (χ3n) is 3.64. The van der Waals surface area contributed by atoms with Crippen LogP contribution in [-0.2, 0) is 4.74 Å². The van der Waals surface area contributed by atoms with Crippen LogP contribution in [0, 0.1) is 0 Å². The Morgan fingerprint density at radius 2 is 1.84 bits per heavy atom. The molecule has 7 nitrogen and oxygen atoms in total. The molecule has 0 saturated carbocycles. The fourth-order valence-corrected chi connectivity index (χ4v) is 2.42. The van der Waals surface area contributed by atoms with Gasteiger partial charge in [-0.25, -0.2) is 14.2 Å². The number of rotatable bonds is 4. The van der Waals surface area contributed by atoms with E-state index in [1.165, 1.54) is 43.5 Å². The van der Waals surface area contributed by atoms with Gasteiger partial charge in [0.15, 0.2) is 0 Å². The van der Waals surface area contributed by atoms with Crippen molar-refractivity contribution >= 4 is 16.9 Å². The van der Waals surface area contributed by atoms with E-state index in [0.717, 1.165) is 4.57 Å². The minimum absolute atomic E-state index is 0.147. The summed E-state index contributed by atoms with van der Waals surface area (Å²) in [5.41, 5.74) is 0.254. The van der Waals surface area contributed by atoms with E-state index in [1.807, 2.05) is 0 Å². The zero-order chi connectivity index (χ0) is 18.0. The molecule has 0 aliphatic rings. The molecule has 128 valence electrons. The zero-order valence-corrected chi connectivity index (χ0v) is 13.6. The van der Waals surface area contributed by atoms with Crippen LogP contribution in [0.4, 0.5) is 0 Å². The maximum Gasteiger partial charge on any atom is 0.426 e. The Balaban J connectivity index is 2.11. The number of benzene rings is 2. The highest BCUT2D eigenvalue weighted by molar-refractivity contribution is 5.89. The maximum atomic E-state index is 12.6.